The van der Waals surface area contributed by atoms with Crippen molar-refractivity contribution in [2.75, 3.05) is 0 Å². The monoisotopic (exact) mass is 86.0 g/mol. The smallest absolute Gasteiger partial charge is 0.110 e. The maximum absolute atomic E-state index is 5.21. The van der Waals surface area contributed by atoms with E-state index in [1.807, 2.05) is 0 Å². The van der Waals surface area contributed by atoms with Crippen molar-refractivity contribution in [3.63, 3.8) is 0 Å². The lowest BCUT2D eigenvalue weighted by Gasteiger charge is -1.87. The van der Waals surface area contributed by atoms with E-state index in [1.165, 1.54) is 0 Å². The van der Waals surface area contributed by atoms with Crippen molar-refractivity contribution < 1.29 is 0 Å². The summed E-state index contributed by atoms with van der Waals surface area (Å²) < 4.78 is 0. The Balaban J connectivity index is 2.60. The predicted octanol–water partition coefficient (Wildman–Crippen LogP) is 1.03. The second-order valence-electron chi connectivity index (χ2n) is 0.718. The van der Waals surface area contributed by atoms with Crippen LogP contribution in [0.3, 0.4) is 0 Å². The van der Waals surface area contributed by atoms with E-state index in [0.717, 1.165) is 0 Å². The molecule has 1 nitrogen and oxygen atoms in total. The molecule has 2 heteroatoms. The highest BCUT2D eigenvalue weighted by Crippen LogP contribution is 2.03. The highest BCUT2D eigenvalue weighted by atomic mass is 35.5. The first-order valence-corrected chi connectivity index (χ1v) is 1.59. The molecule has 0 aromatic heterocycles. The van der Waals surface area contributed by atoms with E-state index in [-0.39, 0.29) is 0 Å². The van der Waals surface area contributed by atoms with Crippen LogP contribution >= 0.6 is 11.6 Å². The molecule has 0 saturated heterocycles. The van der Waals surface area contributed by atoms with Crippen LogP contribution in [-0.4, -0.2) is 6.21 Å². The van der Waals surface area contributed by atoms with Gasteiger partial charge >= 0.3 is 0 Å². The molecule has 0 bridgehead atoms. The summed E-state index contributed by atoms with van der Waals surface area (Å²) in [6.07, 6.45) is 4.00. The maximum Gasteiger partial charge on any atom is 0.110 e. The molecule has 1 rings (SSSR count). The van der Waals surface area contributed by atoms with E-state index in [0.29, 0.717) is 5.03 Å². The van der Waals surface area contributed by atoms with Gasteiger partial charge in [0.05, 0.1) is 5.03 Å². The summed E-state index contributed by atoms with van der Waals surface area (Å²) in [6, 6.07) is 0. The highest BCUT2D eigenvalue weighted by Gasteiger charge is 1.89. The Kier molecular flexibility index (Phi) is 0.484. The van der Waals surface area contributed by atoms with E-state index < -0.39 is 0 Å². The summed E-state index contributed by atoms with van der Waals surface area (Å²) in [6.45, 7) is 0. The van der Waals surface area contributed by atoms with Gasteiger partial charge in [-0.1, -0.05) is 11.6 Å². The normalized spacial score (nSPS) is 17.4. The van der Waals surface area contributed by atoms with Crippen LogP contribution in [0.2, 0.25) is 0 Å². The lowest BCUT2D eigenvalue weighted by atomic mass is 10.6. The van der Waals surface area contributed by atoms with Gasteiger partial charge in [-0.05, 0) is 0 Å². The topological polar surface area (TPSA) is 12.4 Å². The average Bonchev–Trinajstić information content (AvgIpc) is 1.30. The van der Waals surface area contributed by atoms with Gasteiger partial charge in [-0.15, -0.1) is 0 Å². The van der Waals surface area contributed by atoms with Crippen molar-refractivity contribution in [3.05, 3.63) is 11.2 Å². The molecule has 0 fully saturated rings. The number of rotatable bonds is 0. The zero-order valence-corrected chi connectivity index (χ0v) is 3.16. The lowest BCUT2D eigenvalue weighted by molar-refractivity contribution is 1.53. The molecular formula is C3HClN. The Hall–Kier alpha value is -0.300. The van der Waals surface area contributed by atoms with Gasteiger partial charge in [0.2, 0.25) is 0 Å². The van der Waals surface area contributed by atoms with Gasteiger partial charge in [-0.3, -0.25) is 4.99 Å². The Morgan fingerprint density at radius 3 is 2.40 bits per heavy atom. The summed E-state index contributed by atoms with van der Waals surface area (Å²) in [5.41, 5.74) is 0. The van der Waals surface area contributed by atoms with Gasteiger partial charge in [0.1, 0.15) is 6.21 Å². The van der Waals surface area contributed by atoms with Crippen LogP contribution in [0.4, 0.5) is 0 Å². The number of hydrogen-bond acceptors (Lipinski definition) is 1. The zero-order valence-electron chi connectivity index (χ0n) is 2.40. The fourth-order valence-electron chi connectivity index (χ4n) is 0.113. The van der Waals surface area contributed by atoms with Crippen molar-refractivity contribution >= 4 is 17.8 Å². The van der Waals surface area contributed by atoms with Gasteiger partial charge in [-0.25, -0.2) is 0 Å². The molecule has 0 atom stereocenters. The molecule has 0 spiro atoms. The summed E-state index contributed by atoms with van der Waals surface area (Å²) in [7, 11) is 0. The fourth-order valence-corrected chi connectivity index (χ4v) is 0.211. The third-order valence-electron chi connectivity index (χ3n) is 0.349. The summed E-state index contributed by atoms with van der Waals surface area (Å²) in [4.78, 5) is 3.45. The molecule has 0 aromatic carbocycles. The molecule has 5 heavy (non-hydrogen) atoms. The zero-order chi connectivity index (χ0) is 3.70. The van der Waals surface area contributed by atoms with Crippen molar-refractivity contribution in [1.29, 1.82) is 0 Å². The molecule has 0 aliphatic carbocycles. The highest BCUT2D eigenvalue weighted by molar-refractivity contribution is 6.40. The minimum atomic E-state index is 0.616. The molecule has 0 aromatic rings. The first-order chi connectivity index (χ1) is 2.39. The van der Waals surface area contributed by atoms with Crippen molar-refractivity contribution in [3.8, 4) is 0 Å². The van der Waals surface area contributed by atoms with E-state index in [1.54, 1.807) is 6.20 Å². The summed E-state index contributed by atoms with van der Waals surface area (Å²) >= 11 is 5.21. The molecule has 0 unspecified atom stereocenters. The van der Waals surface area contributed by atoms with Crippen molar-refractivity contribution in [1.82, 2.24) is 0 Å². The molecule has 1 aliphatic heterocycles. The van der Waals surface area contributed by atoms with Crippen LogP contribution in [0.1, 0.15) is 0 Å². The Bertz CT molecular complexity index is 93.1. The van der Waals surface area contributed by atoms with Crippen LogP contribution in [0.5, 0.6) is 0 Å². The second-order valence-corrected chi connectivity index (χ2v) is 1.13. The van der Waals surface area contributed by atoms with Crippen molar-refractivity contribution in [2.45, 2.75) is 0 Å². The van der Waals surface area contributed by atoms with Gasteiger partial charge in [-0.2, -0.15) is 0 Å². The largest absolute Gasteiger partial charge is 0.251 e. The lowest BCUT2D eigenvalue weighted by Crippen LogP contribution is -1.79. The van der Waals surface area contributed by atoms with Crippen LogP contribution in [-0.2, 0) is 0 Å². The maximum atomic E-state index is 5.21. The Morgan fingerprint density at radius 1 is 2.00 bits per heavy atom. The molecule has 0 saturated carbocycles. The van der Waals surface area contributed by atoms with Gasteiger partial charge < -0.3 is 0 Å². The number of aliphatic imine (C=N–C) groups is 1. The van der Waals surface area contributed by atoms with Crippen LogP contribution < -0.4 is 0 Å². The van der Waals surface area contributed by atoms with Crippen LogP contribution in [0.15, 0.2) is 16.2 Å². The van der Waals surface area contributed by atoms with E-state index >= 15 is 0 Å². The van der Waals surface area contributed by atoms with E-state index in [9.17, 15) is 0 Å². The number of hydrogen-bond donors (Lipinski definition) is 0. The summed E-state index contributed by atoms with van der Waals surface area (Å²) in [5.74, 6) is 0. The third kappa shape index (κ3) is 0.329. The molecule has 0 amide bonds. The minimum Gasteiger partial charge on any atom is -0.251 e. The average molecular weight is 86.5 g/mol. The second kappa shape index (κ2) is 0.830. The van der Waals surface area contributed by atoms with Gasteiger partial charge in [0.25, 0.3) is 0 Å². The predicted molar refractivity (Wildman–Crippen MR) is 21.4 cm³/mol. The first-order valence-electron chi connectivity index (χ1n) is 1.21. The van der Waals surface area contributed by atoms with Gasteiger partial charge in [0.15, 0.2) is 0 Å². The third-order valence-corrected chi connectivity index (χ3v) is 0.531. The van der Waals surface area contributed by atoms with E-state index in [4.69, 9.17) is 11.6 Å². The number of allylic oxidation sites excluding steroid dienone is 1. The SMILES string of the molecule is ClC1=CN=[C]1. The fraction of sp³-hybridized carbons (Fsp3) is 0. The summed E-state index contributed by atoms with van der Waals surface area (Å²) in [5, 5.41) is 0.616. The minimum absolute atomic E-state index is 0.616. The van der Waals surface area contributed by atoms with E-state index in [2.05, 4.69) is 11.2 Å². The number of nitrogens with zero attached hydrogens (tertiary/aromatic N) is 1. The quantitative estimate of drug-likeness (QED) is 0.418. The van der Waals surface area contributed by atoms with Crippen molar-refractivity contribution in [2.24, 2.45) is 4.99 Å². The van der Waals surface area contributed by atoms with Gasteiger partial charge in [0, 0.05) is 6.20 Å². The van der Waals surface area contributed by atoms with Crippen LogP contribution in [0.25, 0.3) is 0 Å². The standard InChI is InChI=1S/C3HClN/c4-3-1-5-2-3/h1H. The molecule has 1 heterocycles. The Labute approximate surface area is 35.0 Å². The molecule has 0 N–H and O–H groups in total. The first kappa shape index (κ1) is 2.91. The molecule has 1 aliphatic rings. The number of halogens is 1. The molecule has 1 radical (unpaired) electrons. The molecule has 25 valence electrons. The van der Waals surface area contributed by atoms with Crippen LogP contribution in [0, 0.1) is 0 Å². The molecular weight excluding hydrogens is 85.5 g/mol. The Morgan fingerprint density at radius 2 is 2.40 bits per heavy atom.